The van der Waals surface area contributed by atoms with Crippen LogP contribution in [0.1, 0.15) is 38.4 Å². The van der Waals surface area contributed by atoms with Crippen LogP contribution < -0.4 is 10.6 Å². The first-order valence-electron chi connectivity index (χ1n) is 10.1. The Kier molecular flexibility index (Phi) is 7.41. The molecule has 3 rings (SSSR count). The first-order chi connectivity index (χ1) is 14.5. The van der Waals surface area contributed by atoms with E-state index in [0.717, 1.165) is 10.4 Å². The van der Waals surface area contributed by atoms with Crippen LogP contribution in [0.15, 0.2) is 54.4 Å². The minimum atomic E-state index is -0.656. The number of benzene rings is 1. The highest BCUT2D eigenvalue weighted by Gasteiger charge is 2.34. The smallest absolute Gasteiger partial charge is 0.263 e. The Bertz CT molecular complexity index is 902. The van der Waals surface area contributed by atoms with Crippen LogP contribution >= 0.6 is 11.3 Å². The predicted octanol–water partition coefficient (Wildman–Crippen LogP) is 3.01. The largest absolute Gasteiger partial charge is 0.351 e. The van der Waals surface area contributed by atoms with Crippen molar-refractivity contribution in [1.82, 2.24) is 15.5 Å². The molecular weight excluding hydrogens is 398 g/mol. The number of hydrogen-bond donors (Lipinski definition) is 2. The zero-order valence-electron chi connectivity index (χ0n) is 17.1. The van der Waals surface area contributed by atoms with Gasteiger partial charge in [-0.05, 0) is 49.3 Å². The summed E-state index contributed by atoms with van der Waals surface area (Å²) in [7, 11) is 0. The third-order valence-corrected chi connectivity index (χ3v) is 6.16. The van der Waals surface area contributed by atoms with Crippen molar-refractivity contribution in [3.63, 3.8) is 0 Å². The highest BCUT2D eigenvalue weighted by atomic mass is 32.1. The van der Waals surface area contributed by atoms with Crippen LogP contribution in [0.25, 0.3) is 0 Å². The van der Waals surface area contributed by atoms with Gasteiger partial charge in [0.05, 0.1) is 4.88 Å². The summed E-state index contributed by atoms with van der Waals surface area (Å²) >= 11 is 1.43. The van der Waals surface area contributed by atoms with E-state index in [1.165, 1.54) is 11.3 Å². The molecule has 1 fully saturated rings. The summed E-state index contributed by atoms with van der Waals surface area (Å²) in [5, 5.41) is 7.62. The quantitative estimate of drug-likeness (QED) is 0.670. The van der Waals surface area contributed by atoms with Crippen molar-refractivity contribution in [3.05, 3.63) is 70.4 Å². The van der Waals surface area contributed by atoms with Crippen LogP contribution in [-0.2, 0) is 4.79 Å². The van der Waals surface area contributed by atoms with E-state index >= 15 is 0 Å². The fourth-order valence-corrected chi connectivity index (χ4v) is 4.37. The maximum absolute atomic E-state index is 12.8. The second kappa shape index (κ2) is 10.2. The van der Waals surface area contributed by atoms with Gasteiger partial charge in [0.25, 0.3) is 11.8 Å². The Hall–Kier alpha value is -2.93. The second-order valence-electron chi connectivity index (χ2n) is 7.46. The molecule has 1 aliphatic heterocycles. The summed E-state index contributed by atoms with van der Waals surface area (Å²) in [6, 6.07) is 10.3. The molecule has 2 heterocycles. The Morgan fingerprint density at radius 1 is 1.23 bits per heavy atom. The molecule has 1 atom stereocenters. The number of likely N-dealkylation sites (tertiary alicyclic amines) is 1. The minimum absolute atomic E-state index is 0.0277. The zero-order chi connectivity index (χ0) is 21.5. The molecule has 1 saturated heterocycles. The van der Waals surface area contributed by atoms with E-state index in [2.05, 4.69) is 17.2 Å². The monoisotopic (exact) mass is 425 g/mol. The third kappa shape index (κ3) is 5.36. The SMILES string of the molecule is C=CCNC(=O)C(NC(=O)c1cccc(C)c1)C1CCN(C(=O)c2cccs2)CC1. The van der Waals surface area contributed by atoms with E-state index in [4.69, 9.17) is 0 Å². The summed E-state index contributed by atoms with van der Waals surface area (Å²) < 4.78 is 0. The topological polar surface area (TPSA) is 78.5 Å². The molecule has 0 spiro atoms. The number of thiophene rings is 1. The second-order valence-corrected chi connectivity index (χ2v) is 8.41. The Balaban J connectivity index is 1.68. The fourth-order valence-electron chi connectivity index (χ4n) is 3.68. The van der Waals surface area contributed by atoms with Crippen molar-refractivity contribution in [2.24, 2.45) is 5.92 Å². The van der Waals surface area contributed by atoms with Gasteiger partial charge in [0.2, 0.25) is 5.91 Å². The van der Waals surface area contributed by atoms with Crippen molar-refractivity contribution in [1.29, 1.82) is 0 Å². The van der Waals surface area contributed by atoms with Crippen LogP contribution in [-0.4, -0.2) is 48.3 Å². The Morgan fingerprint density at radius 3 is 2.63 bits per heavy atom. The number of aryl methyl sites for hydroxylation is 1. The normalized spacial score (nSPS) is 15.3. The van der Waals surface area contributed by atoms with Gasteiger partial charge < -0.3 is 15.5 Å². The predicted molar refractivity (Wildman–Crippen MR) is 119 cm³/mol. The molecular formula is C23H27N3O3S. The maximum atomic E-state index is 12.8. The molecule has 0 radical (unpaired) electrons. The van der Waals surface area contributed by atoms with E-state index in [1.54, 1.807) is 18.2 Å². The van der Waals surface area contributed by atoms with Crippen molar-refractivity contribution in [2.75, 3.05) is 19.6 Å². The number of carbonyl (C=O) groups is 3. The lowest BCUT2D eigenvalue weighted by Crippen LogP contribution is -2.53. The summed E-state index contributed by atoms with van der Waals surface area (Å²) in [6.45, 7) is 7.02. The number of nitrogens with one attached hydrogen (secondary N) is 2. The molecule has 3 amide bonds. The van der Waals surface area contributed by atoms with Crippen molar-refractivity contribution in [2.45, 2.75) is 25.8 Å². The van der Waals surface area contributed by atoms with Crippen LogP contribution in [0.5, 0.6) is 0 Å². The summed E-state index contributed by atoms with van der Waals surface area (Å²) in [5.74, 6) is -0.510. The van der Waals surface area contributed by atoms with Crippen molar-refractivity contribution in [3.8, 4) is 0 Å². The van der Waals surface area contributed by atoms with Gasteiger partial charge >= 0.3 is 0 Å². The van der Waals surface area contributed by atoms with Gasteiger partial charge in [-0.1, -0.05) is 29.8 Å². The van der Waals surface area contributed by atoms with Crippen LogP contribution in [0.3, 0.4) is 0 Å². The molecule has 1 aromatic carbocycles. The number of amides is 3. The number of carbonyl (C=O) groups excluding carboxylic acids is 3. The molecule has 2 N–H and O–H groups in total. The molecule has 30 heavy (non-hydrogen) atoms. The van der Waals surface area contributed by atoms with E-state index in [9.17, 15) is 14.4 Å². The van der Waals surface area contributed by atoms with Gasteiger partial charge in [-0.3, -0.25) is 14.4 Å². The first-order valence-corrected chi connectivity index (χ1v) is 11.0. The van der Waals surface area contributed by atoms with Crippen molar-refractivity contribution >= 4 is 29.1 Å². The highest BCUT2D eigenvalue weighted by molar-refractivity contribution is 7.12. The lowest BCUT2D eigenvalue weighted by atomic mass is 9.88. The van der Waals surface area contributed by atoms with Gasteiger partial charge in [-0.2, -0.15) is 0 Å². The molecule has 7 heteroatoms. The molecule has 158 valence electrons. The molecule has 0 aliphatic carbocycles. The Morgan fingerprint density at radius 2 is 2.00 bits per heavy atom. The average molecular weight is 426 g/mol. The summed E-state index contributed by atoms with van der Waals surface area (Å²) in [5.41, 5.74) is 1.51. The van der Waals surface area contributed by atoms with E-state index < -0.39 is 6.04 Å². The third-order valence-electron chi connectivity index (χ3n) is 5.30. The first kappa shape index (κ1) is 21.8. The van der Waals surface area contributed by atoms with Crippen LogP contribution in [0.4, 0.5) is 0 Å². The number of rotatable bonds is 7. The summed E-state index contributed by atoms with van der Waals surface area (Å²) in [6.07, 6.45) is 2.91. The fraction of sp³-hybridized carbons (Fsp3) is 0.348. The van der Waals surface area contributed by atoms with E-state index in [-0.39, 0.29) is 23.6 Å². The summed E-state index contributed by atoms with van der Waals surface area (Å²) in [4.78, 5) is 40.7. The van der Waals surface area contributed by atoms with Crippen molar-refractivity contribution < 1.29 is 14.4 Å². The number of hydrogen-bond acceptors (Lipinski definition) is 4. The minimum Gasteiger partial charge on any atom is -0.351 e. The molecule has 1 unspecified atom stereocenters. The van der Waals surface area contributed by atoms with Crippen LogP contribution in [0.2, 0.25) is 0 Å². The van der Waals surface area contributed by atoms with Gasteiger partial charge in [0.15, 0.2) is 0 Å². The number of piperidine rings is 1. The number of nitrogens with zero attached hydrogens (tertiary/aromatic N) is 1. The highest BCUT2D eigenvalue weighted by Crippen LogP contribution is 2.24. The molecule has 2 aromatic rings. The standard InChI is InChI=1S/C23H27N3O3S/c1-3-11-24-22(28)20(25-21(27)18-7-4-6-16(2)15-18)17-9-12-26(13-10-17)23(29)19-8-5-14-30-19/h3-8,14-15,17,20H,1,9-13H2,2H3,(H,24,28)(H,25,27). The molecule has 6 nitrogen and oxygen atoms in total. The Labute approximate surface area is 181 Å². The molecule has 1 aliphatic rings. The lowest BCUT2D eigenvalue weighted by Gasteiger charge is -2.35. The molecule has 0 bridgehead atoms. The van der Waals surface area contributed by atoms with Gasteiger partial charge in [-0.25, -0.2) is 0 Å². The molecule has 1 aromatic heterocycles. The van der Waals surface area contributed by atoms with Gasteiger partial charge in [0.1, 0.15) is 6.04 Å². The van der Waals surface area contributed by atoms with Gasteiger partial charge in [-0.15, -0.1) is 17.9 Å². The zero-order valence-corrected chi connectivity index (χ0v) is 17.9. The van der Waals surface area contributed by atoms with Crippen LogP contribution in [0, 0.1) is 12.8 Å². The lowest BCUT2D eigenvalue weighted by molar-refractivity contribution is -0.124. The van der Waals surface area contributed by atoms with Gasteiger partial charge in [0, 0.05) is 25.2 Å². The maximum Gasteiger partial charge on any atom is 0.263 e. The van der Waals surface area contributed by atoms with E-state index in [0.29, 0.717) is 38.0 Å². The average Bonchev–Trinajstić information content (AvgIpc) is 3.30. The molecule has 0 saturated carbocycles. The van der Waals surface area contributed by atoms with E-state index in [1.807, 2.05) is 41.5 Å².